The van der Waals surface area contributed by atoms with E-state index in [9.17, 15) is 4.39 Å². The largest absolute Gasteiger partial charge is 0.265 e. The van der Waals surface area contributed by atoms with Gasteiger partial charge in [-0.1, -0.05) is 11.8 Å². The quantitative estimate of drug-likeness (QED) is 0.424. The number of thiazole rings is 1. The van der Waals surface area contributed by atoms with Gasteiger partial charge >= 0.3 is 0 Å². The minimum Gasteiger partial charge on any atom is -0.265 e. The summed E-state index contributed by atoms with van der Waals surface area (Å²) in [5, 5.41) is 10.4. The smallest absolute Gasteiger partial charge is 0.124 e. The highest BCUT2D eigenvalue weighted by Crippen LogP contribution is 2.34. The maximum Gasteiger partial charge on any atom is 0.124 e. The van der Waals surface area contributed by atoms with Gasteiger partial charge in [0.25, 0.3) is 0 Å². The molecule has 0 aliphatic heterocycles. The Labute approximate surface area is 164 Å². The molecule has 0 amide bonds. The topological polar surface area (TPSA) is 51.6 Å². The van der Waals surface area contributed by atoms with Crippen LogP contribution in [-0.4, -0.2) is 20.2 Å². The molecule has 0 saturated carbocycles. The molecule has 0 fully saturated rings. The minimum atomic E-state index is -0.252. The molecule has 0 saturated heterocycles. The first-order valence-electron chi connectivity index (χ1n) is 8.28. The summed E-state index contributed by atoms with van der Waals surface area (Å²) >= 11 is 3.17. The van der Waals surface area contributed by atoms with Crippen LogP contribution < -0.4 is 0 Å². The first kappa shape index (κ1) is 17.8. The lowest BCUT2D eigenvalue weighted by Crippen LogP contribution is -1.90. The van der Waals surface area contributed by atoms with Crippen LogP contribution in [-0.2, 0) is 5.75 Å². The highest BCUT2D eigenvalue weighted by atomic mass is 32.2. The van der Waals surface area contributed by atoms with E-state index in [1.165, 1.54) is 29.0 Å². The zero-order valence-corrected chi connectivity index (χ0v) is 16.1. The Bertz CT molecular complexity index is 1030. The van der Waals surface area contributed by atoms with Gasteiger partial charge in [0, 0.05) is 23.7 Å². The van der Waals surface area contributed by atoms with Crippen LogP contribution in [0.15, 0.2) is 66.0 Å². The van der Waals surface area contributed by atoms with Gasteiger partial charge < -0.3 is 0 Å². The second-order valence-electron chi connectivity index (χ2n) is 5.84. The van der Waals surface area contributed by atoms with Crippen LogP contribution in [0.1, 0.15) is 11.3 Å². The first-order valence-corrected chi connectivity index (χ1v) is 10.1. The van der Waals surface area contributed by atoms with Crippen LogP contribution in [0.25, 0.3) is 21.1 Å². The van der Waals surface area contributed by atoms with Gasteiger partial charge in [-0.3, -0.25) is 4.98 Å². The van der Waals surface area contributed by atoms with Crippen molar-refractivity contribution in [1.82, 2.24) is 20.2 Å². The van der Waals surface area contributed by atoms with Crippen LogP contribution in [0, 0.1) is 12.7 Å². The van der Waals surface area contributed by atoms with Crippen molar-refractivity contribution in [3.8, 4) is 21.1 Å². The monoisotopic (exact) mass is 394 g/mol. The molecule has 0 N–H and O–H groups in total. The van der Waals surface area contributed by atoms with E-state index in [4.69, 9.17) is 0 Å². The Hall–Kier alpha value is -2.64. The normalized spacial score (nSPS) is 10.9. The van der Waals surface area contributed by atoms with Crippen molar-refractivity contribution in [3.05, 3.63) is 78.0 Å². The summed E-state index contributed by atoms with van der Waals surface area (Å²) in [5.41, 5.74) is 3.79. The maximum atomic E-state index is 13.1. The summed E-state index contributed by atoms with van der Waals surface area (Å²) in [5.74, 6) is 0.572. The van der Waals surface area contributed by atoms with E-state index in [0.717, 1.165) is 37.6 Å². The summed E-state index contributed by atoms with van der Waals surface area (Å²) < 4.78 is 13.1. The van der Waals surface area contributed by atoms with E-state index in [1.807, 2.05) is 31.2 Å². The molecule has 134 valence electrons. The average Bonchev–Trinajstić information content (AvgIpc) is 3.10. The van der Waals surface area contributed by atoms with E-state index in [2.05, 4.69) is 20.2 Å². The summed E-state index contributed by atoms with van der Waals surface area (Å²) in [6.07, 6.45) is 3.58. The standard InChI is InChI=1S/C20H15FN4S2/c1-13-19(27-20(23-13)15-2-4-16(21)5-3-15)17-6-7-18(25-24-17)26-12-14-8-10-22-11-9-14/h2-11H,12H2,1H3. The van der Waals surface area contributed by atoms with E-state index in [0.29, 0.717) is 0 Å². The SMILES string of the molecule is Cc1nc(-c2ccc(F)cc2)sc1-c1ccc(SCc2ccncc2)nn1. The van der Waals surface area contributed by atoms with E-state index >= 15 is 0 Å². The fraction of sp³-hybridized carbons (Fsp3) is 0.100. The number of hydrogen-bond donors (Lipinski definition) is 0. The molecular formula is C20H15FN4S2. The number of thioether (sulfide) groups is 1. The zero-order valence-electron chi connectivity index (χ0n) is 14.5. The van der Waals surface area contributed by atoms with Gasteiger partial charge in [0.15, 0.2) is 0 Å². The second kappa shape index (κ2) is 7.94. The van der Waals surface area contributed by atoms with Gasteiger partial charge in [-0.25, -0.2) is 9.37 Å². The number of nitrogens with zero attached hydrogens (tertiary/aromatic N) is 4. The highest BCUT2D eigenvalue weighted by Gasteiger charge is 2.13. The molecule has 0 spiro atoms. The zero-order chi connectivity index (χ0) is 18.6. The Kier molecular flexibility index (Phi) is 5.22. The molecule has 3 aromatic heterocycles. The number of pyridine rings is 1. The lowest BCUT2D eigenvalue weighted by molar-refractivity contribution is 0.628. The van der Waals surface area contributed by atoms with Gasteiger partial charge in [-0.2, -0.15) is 0 Å². The van der Waals surface area contributed by atoms with Crippen molar-refractivity contribution in [2.45, 2.75) is 17.7 Å². The number of hydrogen-bond acceptors (Lipinski definition) is 6. The number of aryl methyl sites for hydroxylation is 1. The summed E-state index contributed by atoms with van der Waals surface area (Å²) in [7, 11) is 0. The number of aromatic nitrogens is 4. The van der Waals surface area contributed by atoms with Crippen LogP contribution in [0.5, 0.6) is 0 Å². The van der Waals surface area contributed by atoms with Crippen molar-refractivity contribution >= 4 is 23.1 Å². The lowest BCUT2D eigenvalue weighted by atomic mass is 10.2. The van der Waals surface area contributed by atoms with Gasteiger partial charge in [0.1, 0.15) is 21.5 Å². The molecule has 1 aromatic carbocycles. The summed E-state index contributed by atoms with van der Waals surface area (Å²) in [6.45, 7) is 1.95. The Morgan fingerprint density at radius 3 is 2.44 bits per heavy atom. The minimum absolute atomic E-state index is 0.252. The third-order valence-electron chi connectivity index (χ3n) is 3.90. The molecule has 27 heavy (non-hydrogen) atoms. The Morgan fingerprint density at radius 2 is 1.74 bits per heavy atom. The highest BCUT2D eigenvalue weighted by molar-refractivity contribution is 7.98. The van der Waals surface area contributed by atoms with E-state index in [-0.39, 0.29) is 5.82 Å². The van der Waals surface area contributed by atoms with Gasteiger partial charge in [-0.05, 0) is 61.0 Å². The van der Waals surface area contributed by atoms with Crippen molar-refractivity contribution < 1.29 is 4.39 Å². The predicted octanol–water partition coefficient (Wildman–Crippen LogP) is 5.40. The van der Waals surface area contributed by atoms with E-state index in [1.54, 1.807) is 36.3 Å². The fourth-order valence-electron chi connectivity index (χ4n) is 2.50. The number of halogens is 1. The second-order valence-corrected chi connectivity index (χ2v) is 7.84. The van der Waals surface area contributed by atoms with Gasteiger partial charge in [-0.15, -0.1) is 21.5 Å². The van der Waals surface area contributed by atoms with Gasteiger partial charge in [0.2, 0.25) is 0 Å². The average molecular weight is 395 g/mol. The van der Waals surface area contributed by atoms with Crippen LogP contribution in [0.2, 0.25) is 0 Å². The predicted molar refractivity (Wildman–Crippen MR) is 107 cm³/mol. The molecule has 0 atom stereocenters. The van der Waals surface area contributed by atoms with Crippen LogP contribution in [0.3, 0.4) is 0 Å². The summed E-state index contributed by atoms with van der Waals surface area (Å²) in [6, 6.07) is 14.3. The number of benzene rings is 1. The third-order valence-corrected chi connectivity index (χ3v) is 6.12. The molecule has 0 unspecified atom stereocenters. The van der Waals surface area contributed by atoms with Crippen molar-refractivity contribution in [3.63, 3.8) is 0 Å². The molecule has 0 bridgehead atoms. The third kappa shape index (κ3) is 4.20. The molecule has 7 heteroatoms. The molecule has 0 aliphatic carbocycles. The molecule has 4 aromatic rings. The molecular weight excluding hydrogens is 379 g/mol. The van der Waals surface area contributed by atoms with Crippen LogP contribution in [0.4, 0.5) is 4.39 Å². The first-order chi connectivity index (χ1) is 13.2. The van der Waals surface area contributed by atoms with Crippen LogP contribution >= 0.6 is 23.1 Å². The lowest BCUT2D eigenvalue weighted by Gasteiger charge is -2.02. The Balaban J connectivity index is 1.51. The van der Waals surface area contributed by atoms with E-state index < -0.39 is 0 Å². The molecule has 0 aliphatic rings. The Morgan fingerprint density at radius 1 is 0.963 bits per heavy atom. The van der Waals surface area contributed by atoms with Crippen molar-refractivity contribution in [2.24, 2.45) is 0 Å². The molecule has 4 rings (SSSR count). The van der Waals surface area contributed by atoms with Crippen molar-refractivity contribution in [2.75, 3.05) is 0 Å². The van der Waals surface area contributed by atoms with Crippen molar-refractivity contribution in [1.29, 1.82) is 0 Å². The molecule has 0 radical (unpaired) electrons. The molecule has 4 nitrogen and oxygen atoms in total. The summed E-state index contributed by atoms with van der Waals surface area (Å²) in [4.78, 5) is 9.60. The number of rotatable bonds is 5. The maximum absolute atomic E-state index is 13.1. The van der Waals surface area contributed by atoms with Gasteiger partial charge in [0.05, 0.1) is 10.6 Å². The fourth-order valence-corrected chi connectivity index (χ4v) is 4.31. The molecule has 3 heterocycles.